The third-order valence-corrected chi connectivity index (χ3v) is 4.65. The van der Waals surface area contributed by atoms with E-state index in [2.05, 4.69) is 14.7 Å². The molecule has 1 heterocycles. The van der Waals surface area contributed by atoms with E-state index in [0.29, 0.717) is 11.5 Å². The minimum Gasteiger partial charge on any atom is -0.345 e. The van der Waals surface area contributed by atoms with Crippen molar-refractivity contribution >= 4 is 15.7 Å². The first-order valence-electron chi connectivity index (χ1n) is 6.72. The zero-order chi connectivity index (χ0) is 16.3. The largest absolute Gasteiger partial charge is 0.345 e. The Kier molecular flexibility index (Phi) is 3.83. The Morgan fingerprint density at radius 1 is 1.09 bits per heavy atom. The van der Waals surface area contributed by atoms with Crippen LogP contribution in [0.3, 0.4) is 0 Å². The molecular weight excluding hydrogens is 312 g/mol. The molecule has 3 aromatic rings. The molecule has 7 heteroatoms. The van der Waals surface area contributed by atoms with Crippen LogP contribution in [0.1, 0.15) is 5.56 Å². The standard InChI is InChI=1S/C16H12N4O2S/c17-11-13-3-1-2-4-15(13)23(21,22)20-14-7-5-12(6-8-14)16-18-9-10-19-16/h1-10,20H,(H,18,19). The number of aromatic nitrogens is 2. The summed E-state index contributed by atoms with van der Waals surface area (Å²) in [5.41, 5.74) is 1.36. The van der Waals surface area contributed by atoms with E-state index in [4.69, 9.17) is 5.26 Å². The lowest BCUT2D eigenvalue weighted by molar-refractivity contribution is 0.601. The molecule has 0 aliphatic rings. The van der Waals surface area contributed by atoms with E-state index in [9.17, 15) is 8.42 Å². The molecule has 0 spiro atoms. The molecule has 0 aliphatic heterocycles. The van der Waals surface area contributed by atoms with Gasteiger partial charge in [-0.25, -0.2) is 13.4 Å². The molecule has 0 saturated heterocycles. The molecule has 6 nitrogen and oxygen atoms in total. The number of anilines is 1. The molecule has 0 fully saturated rings. The normalized spacial score (nSPS) is 10.9. The number of rotatable bonds is 4. The highest BCUT2D eigenvalue weighted by atomic mass is 32.2. The van der Waals surface area contributed by atoms with Gasteiger partial charge in [0.2, 0.25) is 0 Å². The van der Waals surface area contributed by atoms with Gasteiger partial charge in [0.05, 0.1) is 5.56 Å². The molecule has 3 rings (SSSR count). The fraction of sp³-hybridized carbons (Fsp3) is 0. The molecule has 1 aromatic heterocycles. The molecule has 2 aromatic carbocycles. The smallest absolute Gasteiger partial charge is 0.263 e. The van der Waals surface area contributed by atoms with Crippen LogP contribution in [0.2, 0.25) is 0 Å². The van der Waals surface area contributed by atoms with Gasteiger partial charge in [0.1, 0.15) is 16.8 Å². The Morgan fingerprint density at radius 2 is 1.83 bits per heavy atom. The topological polar surface area (TPSA) is 98.6 Å². The van der Waals surface area contributed by atoms with E-state index in [1.165, 1.54) is 12.1 Å². The van der Waals surface area contributed by atoms with E-state index in [1.807, 2.05) is 6.07 Å². The molecule has 0 bridgehead atoms. The fourth-order valence-corrected chi connectivity index (χ4v) is 3.34. The van der Waals surface area contributed by atoms with Crippen molar-refractivity contribution in [3.8, 4) is 17.5 Å². The Bertz CT molecular complexity index is 956. The van der Waals surface area contributed by atoms with Crippen LogP contribution in [0, 0.1) is 11.3 Å². The Labute approximate surface area is 133 Å². The van der Waals surface area contributed by atoms with Gasteiger partial charge in [0.25, 0.3) is 10.0 Å². The summed E-state index contributed by atoms with van der Waals surface area (Å²) in [5, 5.41) is 9.04. The van der Waals surface area contributed by atoms with Crippen molar-refractivity contribution in [2.24, 2.45) is 0 Å². The van der Waals surface area contributed by atoms with Crippen molar-refractivity contribution in [1.82, 2.24) is 9.97 Å². The maximum atomic E-state index is 12.4. The molecule has 2 N–H and O–H groups in total. The van der Waals surface area contributed by atoms with Gasteiger partial charge in [-0.2, -0.15) is 5.26 Å². The second-order valence-corrected chi connectivity index (χ2v) is 6.38. The minimum absolute atomic E-state index is 0.0439. The van der Waals surface area contributed by atoms with Gasteiger partial charge in [0, 0.05) is 23.6 Å². The lowest BCUT2D eigenvalue weighted by Crippen LogP contribution is -2.14. The molecule has 0 saturated carbocycles. The maximum Gasteiger partial charge on any atom is 0.263 e. The number of sulfonamides is 1. The number of benzene rings is 2. The number of hydrogen-bond acceptors (Lipinski definition) is 4. The van der Waals surface area contributed by atoms with Crippen LogP contribution in [0.5, 0.6) is 0 Å². The maximum absolute atomic E-state index is 12.4. The van der Waals surface area contributed by atoms with Crippen LogP contribution in [0.25, 0.3) is 11.4 Å². The predicted octanol–water partition coefficient (Wildman–Crippen LogP) is 2.75. The summed E-state index contributed by atoms with van der Waals surface area (Å²) in [6.07, 6.45) is 3.36. The average Bonchev–Trinajstić information content (AvgIpc) is 3.09. The van der Waals surface area contributed by atoms with Crippen molar-refractivity contribution in [2.45, 2.75) is 4.90 Å². The van der Waals surface area contributed by atoms with Crippen molar-refractivity contribution in [3.63, 3.8) is 0 Å². The van der Waals surface area contributed by atoms with E-state index in [-0.39, 0.29) is 10.5 Å². The second kappa shape index (κ2) is 5.94. The monoisotopic (exact) mass is 324 g/mol. The van der Waals surface area contributed by atoms with Gasteiger partial charge in [-0.3, -0.25) is 4.72 Å². The van der Waals surface area contributed by atoms with Crippen LogP contribution in [-0.4, -0.2) is 18.4 Å². The third-order valence-electron chi connectivity index (χ3n) is 3.21. The van der Waals surface area contributed by atoms with Crippen molar-refractivity contribution < 1.29 is 8.42 Å². The second-order valence-electron chi connectivity index (χ2n) is 4.73. The first-order valence-corrected chi connectivity index (χ1v) is 8.20. The summed E-state index contributed by atoms with van der Waals surface area (Å²) in [7, 11) is -3.82. The van der Waals surface area contributed by atoms with E-state index < -0.39 is 10.0 Å². The molecule has 0 radical (unpaired) electrons. The van der Waals surface area contributed by atoms with Gasteiger partial charge in [-0.05, 0) is 36.4 Å². The number of nitrogens with zero attached hydrogens (tertiary/aromatic N) is 2. The van der Waals surface area contributed by atoms with Crippen LogP contribution < -0.4 is 4.72 Å². The Morgan fingerprint density at radius 3 is 2.48 bits per heavy atom. The lowest BCUT2D eigenvalue weighted by Gasteiger charge is -2.09. The van der Waals surface area contributed by atoms with Crippen LogP contribution >= 0.6 is 0 Å². The van der Waals surface area contributed by atoms with Gasteiger partial charge < -0.3 is 4.98 Å². The summed E-state index contributed by atoms with van der Waals surface area (Å²) < 4.78 is 27.3. The van der Waals surface area contributed by atoms with Crippen molar-refractivity contribution in [2.75, 3.05) is 4.72 Å². The van der Waals surface area contributed by atoms with E-state index in [0.717, 1.165) is 5.56 Å². The number of H-pyrrole nitrogens is 1. The SMILES string of the molecule is N#Cc1ccccc1S(=O)(=O)Nc1ccc(-c2ncc[nH]2)cc1. The summed E-state index contributed by atoms with van der Waals surface area (Å²) in [4.78, 5) is 7.06. The van der Waals surface area contributed by atoms with Crippen LogP contribution in [0.15, 0.2) is 65.8 Å². The highest BCUT2D eigenvalue weighted by Crippen LogP contribution is 2.22. The van der Waals surface area contributed by atoms with Gasteiger partial charge in [-0.15, -0.1) is 0 Å². The van der Waals surface area contributed by atoms with Gasteiger partial charge in [-0.1, -0.05) is 12.1 Å². The Hall–Kier alpha value is -3.11. The molecule has 0 unspecified atom stereocenters. The summed E-state index contributed by atoms with van der Waals surface area (Å²) in [6, 6.07) is 14.8. The van der Waals surface area contributed by atoms with Gasteiger partial charge >= 0.3 is 0 Å². The molecule has 0 aliphatic carbocycles. The predicted molar refractivity (Wildman–Crippen MR) is 86.0 cm³/mol. The fourth-order valence-electron chi connectivity index (χ4n) is 2.12. The molecule has 114 valence electrons. The van der Waals surface area contributed by atoms with Gasteiger partial charge in [0.15, 0.2) is 0 Å². The van der Waals surface area contributed by atoms with Crippen LogP contribution in [0.4, 0.5) is 5.69 Å². The van der Waals surface area contributed by atoms with Crippen molar-refractivity contribution in [1.29, 1.82) is 5.26 Å². The molecule has 0 atom stereocenters. The number of nitrogens with one attached hydrogen (secondary N) is 2. The number of aromatic amines is 1. The number of nitriles is 1. The quantitative estimate of drug-likeness (QED) is 0.771. The molecular formula is C16H12N4O2S. The zero-order valence-electron chi connectivity index (χ0n) is 11.9. The molecule has 23 heavy (non-hydrogen) atoms. The lowest BCUT2D eigenvalue weighted by atomic mass is 10.2. The van der Waals surface area contributed by atoms with Crippen molar-refractivity contribution in [3.05, 3.63) is 66.5 Å². The summed E-state index contributed by atoms with van der Waals surface area (Å²) >= 11 is 0. The number of hydrogen-bond donors (Lipinski definition) is 2. The first kappa shape index (κ1) is 14.8. The minimum atomic E-state index is -3.82. The molecule has 0 amide bonds. The summed E-state index contributed by atoms with van der Waals surface area (Å²) in [5.74, 6) is 0.703. The number of imidazole rings is 1. The summed E-state index contributed by atoms with van der Waals surface area (Å²) in [6.45, 7) is 0. The highest BCUT2D eigenvalue weighted by Gasteiger charge is 2.18. The van der Waals surface area contributed by atoms with Crippen LogP contribution in [-0.2, 0) is 10.0 Å². The van der Waals surface area contributed by atoms with E-state index >= 15 is 0 Å². The van der Waals surface area contributed by atoms with E-state index in [1.54, 1.807) is 48.8 Å². The average molecular weight is 324 g/mol. The first-order chi connectivity index (χ1) is 11.1. The Balaban J connectivity index is 1.88. The highest BCUT2D eigenvalue weighted by molar-refractivity contribution is 7.92. The zero-order valence-corrected chi connectivity index (χ0v) is 12.7. The third kappa shape index (κ3) is 3.07.